The molecular formula is C9H9BrF3N3O. The average Bonchev–Trinajstić information content (AvgIpc) is 2.19. The second-order valence-electron chi connectivity index (χ2n) is 3.14. The van der Waals surface area contributed by atoms with Gasteiger partial charge in [-0.15, -0.1) is 0 Å². The standard InChI is InChI=1S/C9H9BrF3N3O/c10-7-2-1-6(3-15-7)16-8(17)4-14-5-9(11,12)13/h1-3,14H,4-5H2,(H,16,17). The molecule has 17 heavy (non-hydrogen) atoms. The number of hydrogen-bond donors (Lipinski definition) is 2. The highest BCUT2D eigenvalue weighted by Gasteiger charge is 2.26. The first-order valence-corrected chi connectivity index (χ1v) is 5.35. The fourth-order valence-electron chi connectivity index (χ4n) is 0.973. The number of aromatic nitrogens is 1. The van der Waals surface area contributed by atoms with Gasteiger partial charge in [-0.05, 0) is 28.1 Å². The van der Waals surface area contributed by atoms with Crippen molar-refractivity contribution >= 4 is 27.5 Å². The molecule has 0 radical (unpaired) electrons. The van der Waals surface area contributed by atoms with E-state index in [0.29, 0.717) is 10.3 Å². The summed E-state index contributed by atoms with van der Waals surface area (Å²) in [5.41, 5.74) is 0.423. The number of amides is 1. The smallest absolute Gasteiger partial charge is 0.324 e. The monoisotopic (exact) mass is 311 g/mol. The van der Waals surface area contributed by atoms with E-state index in [1.165, 1.54) is 6.20 Å². The van der Waals surface area contributed by atoms with Gasteiger partial charge in [0.2, 0.25) is 5.91 Å². The molecule has 4 nitrogen and oxygen atoms in total. The molecule has 0 unspecified atom stereocenters. The molecule has 0 atom stereocenters. The molecule has 0 bridgehead atoms. The summed E-state index contributed by atoms with van der Waals surface area (Å²) in [5, 5.41) is 4.39. The Morgan fingerprint density at radius 1 is 1.41 bits per heavy atom. The summed E-state index contributed by atoms with van der Waals surface area (Å²) >= 11 is 3.11. The fourth-order valence-corrected chi connectivity index (χ4v) is 1.21. The van der Waals surface area contributed by atoms with Gasteiger partial charge in [0.25, 0.3) is 0 Å². The van der Waals surface area contributed by atoms with Crippen LogP contribution >= 0.6 is 15.9 Å². The van der Waals surface area contributed by atoms with E-state index in [1.54, 1.807) is 12.1 Å². The maximum atomic E-state index is 11.8. The van der Waals surface area contributed by atoms with Crippen LogP contribution in [-0.2, 0) is 4.79 Å². The van der Waals surface area contributed by atoms with Crippen molar-refractivity contribution in [3.05, 3.63) is 22.9 Å². The summed E-state index contributed by atoms with van der Waals surface area (Å²) in [6.45, 7) is -1.60. The second-order valence-corrected chi connectivity index (χ2v) is 3.95. The molecule has 0 aliphatic heterocycles. The van der Waals surface area contributed by atoms with Crippen LogP contribution in [0, 0.1) is 0 Å². The van der Waals surface area contributed by atoms with Gasteiger partial charge in [-0.1, -0.05) is 0 Å². The first-order valence-electron chi connectivity index (χ1n) is 4.56. The number of anilines is 1. The van der Waals surface area contributed by atoms with Crippen molar-refractivity contribution in [1.29, 1.82) is 0 Å². The van der Waals surface area contributed by atoms with Gasteiger partial charge in [0.15, 0.2) is 0 Å². The third-order valence-corrected chi connectivity index (χ3v) is 2.09. The Morgan fingerprint density at radius 3 is 2.65 bits per heavy atom. The van der Waals surface area contributed by atoms with Gasteiger partial charge in [-0.2, -0.15) is 13.2 Å². The summed E-state index contributed by atoms with van der Waals surface area (Å²) in [5.74, 6) is -0.557. The molecule has 0 saturated carbocycles. The zero-order valence-corrected chi connectivity index (χ0v) is 10.1. The normalized spacial score (nSPS) is 11.3. The largest absolute Gasteiger partial charge is 0.401 e. The number of halogens is 4. The Bertz CT molecular complexity index is 380. The molecule has 0 aliphatic rings. The van der Waals surface area contributed by atoms with Crippen LogP contribution in [0.2, 0.25) is 0 Å². The van der Waals surface area contributed by atoms with E-state index in [4.69, 9.17) is 0 Å². The van der Waals surface area contributed by atoms with Crippen LogP contribution in [0.4, 0.5) is 18.9 Å². The maximum Gasteiger partial charge on any atom is 0.401 e. The fraction of sp³-hybridized carbons (Fsp3) is 0.333. The lowest BCUT2D eigenvalue weighted by Crippen LogP contribution is -2.35. The van der Waals surface area contributed by atoms with Gasteiger partial charge in [0.05, 0.1) is 25.0 Å². The van der Waals surface area contributed by atoms with Crippen LogP contribution in [0.1, 0.15) is 0 Å². The molecule has 1 amide bonds. The van der Waals surface area contributed by atoms with Gasteiger partial charge < -0.3 is 10.6 Å². The van der Waals surface area contributed by atoms with Crippen LogP contribution in [0.3, 0.4) is 0 Å². The Labute approximate surface area is 104 Å². The van der Waals surface area contributed by atoms with Crippen molar-refractivity contribution in [3.63, 3.8) is 0 Å². The predicted molar refractivity (Wildman–Crippen MR) is 59.5 cm³/mol. The minimum Gasteiger partial charge on any atom is -0.324 e. The zero-order valence-electron chi connectivity index (χ0n) is 8.51. The van der Waals surface area contributed by atoms with Crippen molar-refractivity contribution in [2.45, 2.75) is 6.18 Å². The number of hydrogen-bond acceptors (Lipinski definition) is 3. The van der Waals surface area contributed by atoms with E-state index in [9.17, 15) is 18.0 Å². The Kier molecular flexibility index (Phi) is 4.88. The third-order valence-electron chi connectivity index (χ3n) is 1.62. The number of nitrogens with one attached hydrogen (secondary N) is 2. The maximum absolute atomic E-state index is 11.8. The van der Waals surface area contributed by atoms with Crippen molar-refractivity contribution in [2.24, 2.45) is 0 Å². The van der Waals surface area contributed by atoms with Gasteiger partial charge in [0, 0.05) is 0 Å². The molecule has 1 heterocycles. The minimum atomic E-state index is -4.32. The van der Waals surface area contributed by atoms with E-state index in [-0.39, 0.29) is 0 Å². The van der Waals surface area contributed by atoms with E-state index in [0.717, 1.165) is 0 Å². The van der Waals surface area contributed by atoms with Gasteiger partial charge in [-0.25, -0.2) is 4.98 Å². The quantitative estimate of drug-likeness (QED) is 0.836. The van der Waals surface area contributed by atoms with Crippen LogP contribution in [0.25, 0.3) is 0 Å². The number of carbonyl (C=O) groups excluding carboxylic acids is 1. The molecule has 1 aromatic rings. The molecule has 0 spiro atoms. The number of alkyl halides is 3. The van der Waals surface area contributed by atoms with Crippen molar-refractivity contribution < 1.29 is 18.0 Å². The van der Waals surface area contributed by atoms with Gasteiger partial charge in [-0.3, -0.25) is 4.79 Å². The third kappa shape index (κ3) is 6.22. The summed E-state index contributed by atoms with van der Waals surface area (Å²) < 4.78 is 35.9. The topological polar surface area (TPSA) is 54.0 Å². The van der Waals surface area contributed by atoms with E-state index >= 15 is 0 Å². The highest BCUT2D eigenvalue weighted by molar-refractivity contribution is 9.10. The summed E-state index contributed by atoms with van der Waals surface area (Å²) in [7, 11) is 0. The molecule has 2 N–H and O–H groups in total. The van der Waals surface area contributed by atoms with Gasteiger partial charge in [0.1, 0.15) is 4.60 Å². The highest BCUT2D eigenvalue weighted by Crippen LogP contribution is 2.12. The number of pyridine rings is 1. The van der Waals surface area contributed by atoms with Crippen LogP contribution < -0.4 is 10.6 Å². The number of nitrogens with zero attached hydrogens (tertiary/aromatic N) is 1. The lowest BCUT2D eigenvalue weighted by molar-refractivity contribution is -0.126. The average molecular weight is 312 g/mol. The van der Waals surface area contributed by atoms with Crippen molar-refractivity contribution in [2.75, 3.05) is 18.4 Å². The van der Waals surface area contributed by atoms with E-state index < -0.39 is 25.2 Å². The molecule has 0 saturated heterocycles. The van der Waals surface area contributed by atoms with Crippen LogP contribution in [-0.4, -0.2) is 30.2 Å². The zero-order chi connectivity index (χ0) is 12.9. The Morgan fingerprint density at radius 2 is 2.12 bits per heavy atom. The van der Waals surface area contributed by atoms with Crippen molar-refractivity contribution in [1.82, 2.24) is 10.3 Å². The highest BCUT2D eigenvalue weighted by atomic mass is 79.9. The minimum absolute atomic E-state index is 0.407. The molecule has 0 aromatic carbocycles. The molecule has 1 rings (SSSR count). The molecule has 94 valence electrons. The number of rotatable bonds is 4. The Balaban J connectivity index is 2.32. The molecule has 0 aliphatic carbocycles. The van der Waals surface area contributed by atoms with Gasteiger partial charge >= 0.3 is 6.18 Å². The summed E-state index contributed by atoms with van der Waals surface area (Å²) in [6.07, 6.45) is -2.93. The predicted octanol–water partition coefficient (Wildman–Crippen LogP) is 1.93. The molecule has 0 fully saturated rings. The second kappa shape index (κ2) is 5.97. The molecular weight excluding hydrogens is 303 g/mol. The summed E-state index contributed by atoms with van der Waals surface area (Å²) in [6, 6.07) is 3.19. The van der Waals surface area contributed by atoms with E-state index in [1.807, 2.05) is 5.32 Å². The Hall–Kier alpha value is -1.15. The SMILES string of the molecule is O=C(CNCC(F)(F)F)Nc1ccc(Br)nc1. The molecule has 8 heteroatoms. The van der Waals surface area contributed by atoms with Crippen LogP contribution in [0.5, 0.6) is 0 Å². The lowest BCUT2D eigenvalue weighted by atomic mass is 10.4. The molecule has 1 aromatic heterocycles. The number of carbonyl (C=O) groups is 1. The van der Waals surface area contributed by atoms with E-state index in [2.05, 4.69) is 26.2 Å². The van der Waals surface area contributed by atoms with Crippen LogP contribution in [0.15, 0.2) is 22.9 Å². The lowest BCUT2D eigenvalue weighted by Gasteiger charge is -2.08. The van der Waals surface area contributed by atoms with Crippen molar-refractivity contribution in [3.8, 4) is 0 Å². The summed E-state index contributed by atoms with van der Waals surface area (Å²) in [4.78, 5) is 15.1. The first-order chi connectivity index (χ1) is 7.87. The first kappa shape index (κ1) is 13.9.